The van der Waals surface area contributed by atoms with Gasteiger partial charge in [0.25, 0.3) is 5.56 Å². The molecule has 2 aromatic carbocycles. The number of aromatic nitrogens is 2. The van der Waals surface area contributed by atoms with E-state index in [0.717, 1.165) is 34.0 Å². The van der Waals surface area contributed by atoms with Gasteiger partial charge >= 0.3 is 0 Å². The van der Waals surface area contributed by atoms with Crippen LogP contribution in [0, 0.1) is 11.6 Å². The molecule has 0 unspecified atom stereocenters. The lowest BCUT2D eigenvalue weighted by Crippen LogP contribution is -2.33. The molecule has 3 aromatic rings. The third-order valence-electron chi connectivity index (χ3n) is 4.47. The molecule has 0 radical (unpaired) electrons. The summed E-state index contributed by atoms with van der Waals surface area (Å²) in [6, 6.07) is 7.51. The average molecular weight is 464 g/mol. The number of rotatable bonds is 7. The summed E-state index contributed by atoms with van der Waals surface area (Å²) in [5.41, 5.74) is 0.468. The molecule has 162 valence electrons. The van der Waals surface area contributed by atoms with E-state index in [9.17, 15) is 18.4 Å². The van der Waals surface area contributed by atoms with Gasteiger partial charge in [-0.05, 0) is 44.2 Å². The molecule has 0 spiro atoms. The minimum absolute atomic E-state index is 0.0184. The van der Waals surface area contributed by atoms with Crippen LogP contribution < -0.4 is 5.56 Å². The normalized spacial score (nSPS) is 11.0. The van der Waals surface area contributed by atoms with E-state index in [4.69, 9.17) is 11.6 Å². The van der Waals surface area contributed by atoms with Crippen LogP contribution in [0.5, 0.6) is 0 Å². The van der Waals surface area contributed by atoms with Crippen LogP contribution in [0.3, 0.4) is 0 Å². The molecule has 0 saturated heterocycles. The van der Waals surface area contributed by atoms with Gasteiger partial charge in [0.1, 0.15) is 11.6 Å². The summed E-state index contributed by atoms with van der Waals surface area (Å²) in [4.78, 5) is 31.9. The highest BCUT2D eigenvalue weighted by atomic mass is 35.5. The molecule has 1 amide bonds. The lowest BCUT2D eigenvalue weighted by Gasteiger charge is -2.21. The molecule has 0 aliphatic carbocycles. The first-order valence-corrected chi connectivity index (χ1v) is 10.8. The fourth-order valence-corrected chi connectivity index (χ4v) is 4.11. The second-order valence-electron chi connectivity index (χ2n) is 6.95. The van der Waals surface area contributed by atoms with E-state index in [1.165, 1.54) is 6.07 Å². The van der Waals surface area contributed by atoms with Gasteiger partial charge in [-0.15, -0.1) is 0 Å². The number of halogens is 3. The van der Waals surface area contributed by atoms with Crippen LogP contribution in [0.25, 0.3) is 16.6 Å². The van der Waals surface area contributed by atoms with Gasteiger partial charge in [-0.1, -0.05) is 35.5 Å². The number of hydrogen-bond donors (Lipinski definition) is 0. The molecule has 9 heteroatoms. The van der Waals surface area contributed by atoms with Crippen molar-refractivity contribution in [2.45, 2.75) is 19.0 Å². The lowest BCUT2D eigenvalue weighted by atomic mass is 10.2. The summed E-state index contributed by atoms with van der Waals surface area (Å²) in [5.74, 6) is -1.88. The molecule has 5 nitrogen and oxygen atoms in total. The molecule has 31 heavy (non-hydrogen) atoms. The van der Waals surface area contributed by atoms with Gasteiger partial charge in [0.2, 0.25) is 5.91 Å². The van der Waals surface area contributed by atoms with Crippen LogP contribution in [0.2, 0.25) is 5.02 Å². The standard InChI is InChI=1S/C22H20ClF2N3O2S/c1-4-27(11-13(2)3)20(29)12-31-22-26-18-7-5-14(23)9-16(18)21(30)28(22)19-8-6-15(24)10-17(19)25/h5-10H,2,4,11-12H2,1,3H3. The Morgan fingerprint density at radius 1 is 1.26 bits per heavy atom. The maximum atomic E-state index is 14.6. The molecule has 0 bridgehead atoms. The van der Waals surface area contributed by atoms with Gasteiger partial charge in [0.15, 0.2) is 5.16 Å². The number of amides is 1. The first-order valence-electron chi connectivity index (χ1n) is 9.44. The molecule has 1 aromatic heterocycles. The minimum atomic E-state index is -0.920. The average Bonchev–Trinajstić information content (AvgIpc) is 2.71. The SMILES string of the molecule is C=C(C)CN(CC)C(=O)CSc1nc2ccc(Cl)cc2c(=O)n1-c1ccc(F)cc1F. The van der Waals surface area contributed by atoms with E-state index in [-0.39, 0.29) is 27.9 Å². The maximum Gasteiger partial charge on any atom is 0.266 e. The summed E-state index contributed by atoms with van der Waals surface area (Å²) >= 11 is 7.02. The Morgan fingerprint density at radius 3 is 2.65 bits per heavy atom. The van der Waals surface area contributed by atoms with Gasteiger partial charge in [0, 0.05) is 24.2 Å². The topological polar surface area (TPSA) is 55.2 Å². The highest BCUT2D eigenvalue weighted by Gasteiger charge is 2.19. The summed E-state index contributed by atoms with van der Waals surface area (Å²) in [5, 5.41) is 0.626. The third-order valence-corrected chi connectivity index (χ3v) is 5.63. The summed E-state index contributed by atoms with van der Waals surface area (Å²) in [7, 11) is 0. The molecule has 0 saturated carbocycles. The minimum Gasteiger partial charge on any atom is -0.338 e. The maximum absolute atomic E-state index is 14.6. The first-order chi connectivity index (χ1) is 14.7. The second-order valence-corrected chi connectivity index (χ2v) is 8.32. The van der Waals surface area contributed by atoms with Crippen molar-refractivity contribution >= 4 is 40.2 Å². The number of fused-ring (bicyclic) bond motifs is 1. The van der Waals surface area contributed by atoms with Crippen LogP contribution in [-0.4, -0.2) is 39.2 Å². The quantitative estimate of drug-likeness (QED) is 0.286. The van der Waals surface area contributed by atoms with Gasteiger partial charge < -0.3 is 4.90 Å². The monoisotopic (exact) mass is 463 g/mol. The van der Waals surface area contributed by atoms with Crippen LogP contribution in [0.4, 0.5) is 8.78 Å². The van der Waals surface area contributed by atoms with E-state index in [1.54, 1.807) is 17.0 Å². The van der Waals surface area contributed by atoms with Crippen molar-refractivity contribution in [1.29, 1.82) is 0 Å². The number of likely N-dealkylation sites (N-methyl/N-ethyl adjacent to an activating group) is 1. The zero-order chi connectivity index (χ0) is 22.7. The first kappa shape index (κ1) is 23.0. The molecule has 0 N–H and O–H groups in total. The molecule has 1 heterocycles. The third kappa shape index (κ3) is 5.14. The zero-order valence-corrected chi connectivity index (χ0v) is 18.6. The Hall–Kier alpha value is -2.71. The number of benzene rings is 2. The molecular weight excluding hydrogens is 444 g/mol. The molecule has 3 rings (SSSR count). The number of nitrogens with zero attached hydrogens (tertiary/aromatic N) is 3. The molecule has 0 aliphatic rings. The van der Waals surface area contributed by atoms with Crippen LogP contribution >= 0.6 is 23.4 Å². The van der Waals surface area contributed by atoms with E-state index >= 15 is 0 Å². The molecule has 0 aliphatic heterocycles. The summed E-state index contributed by atoms with van der Waals surface area (Å²) < 4.78 is 29.0. The summed E-state index contributed by atoms with van der Waals surface area (Å²) in [6.45, 7) is 8.42. The molecular formula is C22H20ClF2N3O2S. The largest absolute Gasteiger partial charge is 0.338 e. The van der Waals surface area contributed by atoms with Crippen molar-refractivity contribution in [1.82, 2.24) is 14.5 Å². The predicted molar refractivity (Wildman–Crippen MR) is 120 cm³/mol. The van der Waals surface area contributed by atoms with Crippen LogP contribution in [0.1, 0.15) is 13.8 Å². The number of hydrogen-bond acceptors (Lipinski definition) is 4. The van der Waals surface area contributed by atoms with Crippen molar-refractivity contribution in [2.75, 3.05) is 18.8 Å². The summed E-state index contributed by atoms with van der Waals surface area (Å²) in [6.07, 6.45) is 0. The fraction of sp³-hybridized carbons (Fsp3) is 0.227. The number of thioether (sulfide) groups is 1. The van der Waals surface area contributed by atoms with Crippen molar-refractivity contribution in [3.63, 3.8) is 0 Å². The molecule has 0 fully saturated rings. The molecule has 0 atom stereocenters. The highest BCUT2D eigenvalue weighted by molar-refractivity contribution is 7.99. The van der Waals surface area contributed by atoms with Gasteiger partial charge in [-0.25, -0.2) is 13.8 Å². The van der Waals surface area contributed by atoms with Crippen molar-refractivity contribution < 1.29 is 13.6 Å². The van der Waals surface area contributed by atoms with E-state index in [0.29, 0.717) is 29.7 Å². The highest BCUT2D eigenvalue weighted by Crippen LogP contribution is 2.25. The Morgan fingerprint density at radius 2 is 2.00 bits per heavy atom. The van der Waals surface area contributed by atoms with E-state index in [2.05, 4.69) is 11.6 Å². The Labute approximate surface area is 187 Å². The number of carbonyl (C=O) groups excluding carboxylic acids is 1. The van der Waals surface area contributed by atoms with Gasteiger partial charge in [-0.3, -0.25) is 14.2 Å². The van der Waals surface area contributed by atoms with E-state index in [1.807, 2.05) is 13.8 Å². The zero-order valence-electron chi connectivity index (χ0n) is 17.0. The Kier molecular flexibility index (Phi) is 7.12. The fourth-order valence-electron chi connectivity index (χ4n) is 3.03. The van der Waals surface area contributed by atoms with E-state index < -0.39 is 17.2 Å². The lowest BCUT2D eigenvalue weighted by molar-refractivity contribution is -0.127. The van der Waals surface area contributed by atoms with Crippen molar-refractivity contribution in [3.05, 3.63) is 75.6 Å². The van der Waals surface area contributed by atoms with Crippen molar-refractivity contribution in [3.8, 4) is 5.69 Å². The smallest absolute Gasteiger partial charge is 0.266 e. The number of carbonyl (C=O) groups is 1. The Bertz CT molecular complexity index is 1230. The second kappa shape index (κ2) is 9.62. The Balaban J connectivity index is 2.09. The van der Waals surface area contributed by atoms with Crippen LogP contribution in [-0.2, 0) is 4.79 Å². The van der Waals surface area contributed by atoms with Crippen molar-refractivity contribution in [2.24, 2.45) is 0 Å². The predicted octanol–water partition coefficient (Wildman–Crippen LogP) is 4.83. The van der Waals surface area contributed by atoms with Gasteiger partial charge in [-0.2, -0.15) is 0 Å². The van der Waals surface area contributed by atoms with Crippen LogP contribution in [0.15, 0.2) is 58.5 Å². The van der Waals surface area contributed by atoms with Gasteiger partial charge in [0.05, 0.1) is 22.3 Å².